The third-order valence-corrected chi connectivity index (χ3v) is 10.0. The number of carbonyl (C=O) groups excluding carboxylic acids is 1. The molecule has 7 nitrogen and oxygen atoms in total. The summed E-state index contributed by atoms with van der Waals surface area (Å²) >= 11 is 12.7. The van der Waals surface area contributed by atoms with Gasteiger partial charge >= 0.3 is 5.97 Å². The Kier molecular flexibility index (Phi) is 9.24. The molecule has 0 heterocycles. The van der Waals surface area contributed by atoms with Crippen molar-refractivity contribution in [3.8, 4) is 0 Å². The Morgan fingerprint density at radius 2 is 1.59 bits per heavy atom. The maximum Gasteiger partial charge on any atom is 0.326 e. The number of hydrogen-bond donors (Lipinski definition) is 2. The van der Waals surface area contributed by atoms with Crippen molar-refractivity contribution < 1.29 is 27.7 Å². The molecule has 0 aliphatic heterocycles. The Morgan fingerprint density at radius 1 is 0.973 bits per heavy atom. The second kappa shape index (κ2) is 11.8. The molecular weight excluding hydrogens is 556 g/mol. The van der Waals surface area contributed by atoms with Crippen LogP contribution < -0.4 is 10.6 Å². The number of benzene rings is 3. The first-order valence-corrected chi connectivity index (χ1v) is 16.2. The average Bonchev–Trinajstić information content (AvgIpc) is 2.82. The molecule has 2 atom stereocenters. The molecule has 0 saturated heterocycles. The smallest absolute Gasteiger partial charge is 0.326 e. The first-order chi connectivity index (χ1) is 17.3. The van der Waals surface area contributed by atoms with E-state index in [1.54, 1.807) is 24.9 Å². The van der Waals surface area contributed by atoms with Crippen molar-refractivity contribution >= 4 is 57.4 Å². The molecule has 0 bridgehead atoms. The molecule has 2 unspecified atom stereocenters. The van der Waals surface area contributed by atoms with Crippen molar-refractivity contribution in [3.63, 3.8) is 0 Å². The van der Waals surface area contributed by atoms with Crippen LogP contribution in [0, 0.1) is 0 Å². The van der Waals surface area contributed by atoms with Crippen LogP contribution >= 0.6 is 30.3 Å². The van der Waals surface area contributed by atoms with E-state index in [1.165, 1.54) is 18.2 Å². The third kappa shape index (κ3) is 7.68. The van der Waals surface area contributed by atoms with Crippen LogP contribution in [0.25, 0.3) is 0 Å². The van der Waals surface area contributed by atoms with Gasteiger partial charge in [0.05, 0.1) is 20.5 Å². The summed E-state index contributed by atoms with van der Waals surface area (Å²) in [4.78, 5) is 24.8. The van der Waals surface area contributed by atoms with Gasteiger partial charge in [-0.1, -0.05) is 65.7 Å². The van der Waals surface area contributed by atoms with Crippen molar-refractivity contribution in [1.29, 1.82) is 0 Å². The molecule has 3 aromatic carbocycles. The van der Waals surface area contributed by atoms with Gasteiger partial charge in [-0.15, -0.1) is 0 Å². The number of sulfone groups is 1. The number of halogens is 2. The molecule has 0 aliphatic rings. The van der Waals surface area contributed by atoms with Crippen molar-refractivity contribution in [2.45, 2.75) is 23.8 Å². The molecule has 37 heavy (non-hydrogen) atoms. The zero-order valence-corrected chi connectivity index (χ0v) is 23.4. The minimum atomic E-state index is -3.48. The van der Waals surface area contributed by atoms with Gasteiger partial charge in [0, 0.05) is 24.1 Å². The summed E-state index contributed by atoms with van der Waals surface area (Å²) in [6, 6.07) is 16.8. The van der Waals surface area contributed by atoms with Crippen LogP contribution in [-0.2, 0) is 32.0 Å². The normalized spacial score (nSPS) is 13.9. The average molecular weight is 582 g/mol. The Hall–Kier alpha value is -2.64. The van der Waals surface area contributed by atoms with Gasteiger partial charge in [-0.3, -0.25) is 4.79 Å². The number of carboxylic acid groups (broad SMARTS) is 1. The molecular formula is C26H26Cl2NO6PS. The van der Waals surface area contributed by atoms with Crippen LogP contribution in [-0.4, -0.2) is 50.5 Å². The Bertz CT molecular complexity index is 1450. The van der Waals surface area contributed by atoms with E-state index in [0.29, 0.717) is 23.7 Å². The SMILES string of the molecule is CP(=O)(CCc1cc(Cl)c(C(=O)NC(Cc2cccc(S(C)(=O)=O)c2)C(=O)O)c(Cl)c1)c1ccccc1. The summed E-state index contributed by atoms with van der Waals surface area (Å²) in [6.45, 7) is 1.71. The summed E-state index contributed by atoms with van der Waals surface area (Å²) in [5.74, 6) is -2.08. The third-order valence-electron chi connectivity index (χ3n) is 5.83. The fourth-order valence-corrected chi connectivity index (χ4v) is 6.91. The summed E-state index contributed by atoms with van der Waals surface area (Å²) in [5.41, 5.74) is 1.04. The molecule has 196 valence electrons. The van der Waals surface area contributed by atoms with Crippen LogP contribution in [0.4, 0.5) is 0 Å². The summed E-state index contributed by atoms with van der Waals surface area (Å²) in [6.07, 6.45) is 1.70. The molecule has 3 rings (SSSR count). The van der Waals surface area contributed by atoms with Crippen LogP contribution in [0.5, 0.6) is 0 Å². The zero-order chi connectivity index (χ0) is 27.4. The minimum Gasteiger partial charge on any atom is -0.480 e. The molecule has 0 saturated carbocycles. The lowest BCUT2D eigenvalue weighted by atomic mass is 10.0. The van der Waals surface area contributed by atoms with Gasteiger partial charge < -0.3 is 15.0 Å². The van der Waals surface area contributed by atoms with Gasteiger partial charge in [-0.05, 0) is 48.5 Å². The lowest BCUT2D eigenvalue weighted by molar-refractivity contribution is -0.139. The van der Waals surface area contributed by atoms with Gasteiger partial charge in [0.2, 0.25) is 0 Å². The second-order valence-corrected chi connectivity index (χ2v) is 14.8. The Labute approximate surface area is 226 Å². The molecule has 2 N–H and O–H groups in total. The maximum atomic E-state index is 13.1. The predicted octanol–water partition coefficient (Wildman–Crippen LogP) is 4.68. The zero-order valence-electron chi connectivity index (χ0n) is 20.1. The highest BCUT2D eigenvalue weighted by Gasteiger charge is 2.25. The first-order valence-electron chi connectivity index (χ1n) is 11.2. The number of amides is 1. The monoisotopic (exact) mass is 581 g/mol. The predicted molar refractivity (Wildman–Crippen MR) is 147 cm³/mol. The highest BCUT2D eigenvalue weighted by Crippen LogP contribution is 2.40. The van der Waals surface area contributed by atoms with Gasteiger partial charge in [-0.2, -0.15) is 0 Å². The number of carboxylic acids is 1. The molecule has 3 aromatic rings. The topological polar surface area (TPSA) is 118 Å². The van der Waals surface area contributed by atoms with Gasteiger partial charge in [0.25, 0.3) is 5.91 Å². The fraction of sp³-hybridized carbons (Fsp3) is 0.231. The lowest BCUT2D eigenvalue weighted by Crippen LogP contribution is -2.42. The van der Waals surface area contributed by atoms with Gasteiger partial charge in [-0.25, -0.2) is 13.2 Å². The molecule has 11 heteroatoms. The number of rotatable bonds is 10. The fourth-order valence-electron chi connectivity index (χ4n) is 3.77. The van der Waals surface area contributed by atoms with Crippen molar-refractivity contribution in [2.24, 2.45) is 0 Å². The Morgan fingerprint density at radius 3 is 2.16 bits per heavy atom. The largest absolute Gasteiger partial charge is 0.480 e. The highest BCUT2D eigenvalue weighted by molar-refractivity contribution is 7.90. The number of aryl methyl sites for hydroxylation is 1. The van der Waals surface area contributed by atoms with Crippen molar-refractivity contribution in [2.75, 3.05) is 19.1 Å². The first kappa shape index (κ1) is 28.9. The van der Waals surface area contributed by atoms with Crippen molar-refractivity contribution in [1.82, 2.24) is 5.32 Å². The van der Waals surface area contributed by atoms with Crippen LogP contribution in [0.15, 0.2) is 71.6 Å². The standard InChI is InChI=1S/C26H26Cl2NO6PS/c1-36(33,19-8-4-3-5-9-19)12-11-18-14-21(27)24(22(28)15-18)25(30)29-23(26(31)32)16-17-7-6-10-20(13-17)37(2,34)35/h3-10,13-15,23H,11-12,16H2,1-2H3,(H,29,30)(H,31,32). The number of nitrogens with one attached hydrogen (secondary N) is 1. The van der Waals surface area contributed by atoms with E-state index in [0.717, 1.165) is 11.6 Å². The van der Waals surface area contributed by atoms with Crippen LogP contribution in [0.2, 0.25) is 10.0 Å². The van der Waals surface area contributed by atoms with Crippen LogP contribution in [0.1, 0.15) is 21.5 Å². The molecule has 1 amide bonds. The molecule has 0 spiro atoms. The molecule has 0 fully saturated rings. The van der Waals surface area contributed by atoms with E-state index in [9.17, 15) is 27.7 Å². The van der Waals surface area contributed by atoms with Crippen LogP contribution in [0.3, 0.4) is 0 Å². The highest BCUT2D eigenvalue weighted by atomic mass is 35.5. The molecule has 0 aromatic heterocycles. The van der Waals surface area contributed by atoms with E-state index in [4.69, 9.17) is 23.2 Å². The number of hydrogen-bond acceptors (Lipinski definition) is 5. The van der Waals surface area contributed by atoms with E-state index in [2.05, 4.69) is 5.32 Å². The number of aliphatic carboxylic acids is 1. The summed E-state index contributed by atoms with van der Waals surface area (Å²) in [7, 11) is -6.10. The van der Waals surface area contributed by atoms with Crippen molar-refractivity contribution in [3.05, 3.63) is 93.5 Å². The van der Waals surface area contributed by atoms with Gasteiger partial charge in [0.15, 0.2) is 9.84 Å². The number of carbonyl (C=O) groups is 2. The lowest BCUT2D eigenvalue weighted by Gasteiger charge is -2.17. The minimum absolute atomic E-state index is 0.0360. The van der Waals surface area contributed by atoms with E-state index in [-0.39, 0.29) is 26.9 Å². The summed E-state index contributed by atoms with van der Waals surface area (Å²) < 4.78 is 36.8. The van der Waals surface area contributed by atoms with E-state index < -0.39 is 34.9 Å². The molecule has 0 aliphatic carbocycles. The van der Waals surface area contributed by atoms with E-state index in [1.807, 2.05) is 30.3 Å². The Balaban J connectivity index is 1.75. The second-order valence-electron chi connectivity index (χ2n) is 8.83. The molecule has 0 radical (unpaired) electrons. The summed E-state index contributed by atoms with van der Waals surface area (Å²) in [5, 5.41) is 12.9. The quantitative estimate of drug-likeness (QED) is 0.335. The van der Waals surface area contributed by atoms with E-state index >= 15 is 0 Å². The van der Waals surface area contributed by atoms with Gasteiger partial charge in [0.1, 0.15) is 13.2 Å². The maximum absolute atomic E-state index is 13.1.